The topological polar surface area (TPSA) is 41.5 Å². The summed E-state index contributed by atoms with van der Waals surface area (Å²) in [6.07, 6.45) is 1.74. The zero-order valence-corrected chi connectivity index (χ0v) is 11.7. The van der Waals surface area contributed by atoms with Gasteiger partial charge in [-0.15, -0.1) is 0 Å². The lowest BCUT2D eigenvalue weighted by molar-refractivity contribution is 0.0955. The molecule has 3 heteroatoms. The minimum atomic E-state index is -0.190. The number of nitrogens with zero attached hydrogens (tertiary/aromatic N) is 1. The molecule has 20 heavy (non-hydrogen) atoms. The van der Waals surface area contributed by atoms with Crippen molar-refractivity contribution in [1.82, 2.24) is 5.43 Å². The number of rotatable bonds is 4. The number of hydrogen-bond donors (Lipinski definition) is 1. The Labute approximate surface area is 119 Å². The Balaban J connectivity index is 1.95. The minimum Gasteiger partial charge on any atom is -0.267 e. The Kier molecular flexibility index (Phi) is 4.66. The summed E-state index contributed by atoms with van der Waals surface area (Å²) in [6, 6.07) is 17.5. The van der Waals surface area contributed by atoms with Crippen LogP contribution in [0.1, 0.15) is 34.3 Å². The van der Waals surface area contributed by atoms with E-state index < -0.39 is 0 Å². The summed E-state index contributed by atoms with van der Waals surface area (Å²) in [5.74, 6) is -0.0285. The SMILES string of the molecule is Cc1cccc(C(=O)NN=CC(C)c2ccccc2)c1. The van der Waals surface area contributed by atoms with Crippen LogP contribution in [0.15, 0.2) is 59.7 Å². The zero-order valence-electron chi connectivity index (χ0n) is 11.7. The van der Waals surface area contributed by atoms with Gasteiger partial charge in [0.2, 0.25) is 0 Å². The highest BCUT2D eigenvalue weighted by Gasteiger charge is 2.04. The highest BCUT2D eigenvalue weighted by atomic mass is 16.2. The molecule has 0 spiro atoms. The lowest BCUT2D eigenvalue weighted by atomic mass is 10.0. The van der Waals surface area contributed by atoms with E-state index in [4.69, 9.17) is 0 Å². The fourth-order valence-electron chi connectivity index (χ4n) is 1.90. The summed E-state index contributed by atoms with van der Waals surface area (Å²) < 4.78 is 0. The summed E-state index contributed by atoms with van der Waals surface area (Å²) in [7, 11) is 0. The van der Waals surface area contributed by atoms with Crippen molar-refractivity contribution < 1.29 is 4.79 Å². The molecule has 0 heterocycles. The molecule has 0 radical (unpaired) electrons. The van der Waals surface area contributed by atoms with Crippen molar-refractivity contribution in [3.63, 3.8) is 0 Å². The van der Waals surface area contributed by atoms with Gasteiger partial charge in [0.15, 0.2) is 0 Å². The maximum Gasteiger partial charge on any atom is 0.271 e. The number of carbonyl (C=O) groups is 1. The third kappa shape index (κ3) is 3.79. The van der Waals surface area contributed by atoms with Gasteiger partial charge in [0.25, 0.3) is 5.91 Å². The van der Waals surface area contributed by atoms with Gasteiger partial charge in [-0.2, -0.15) is 5.10 Å². The molecule has 2 aromatic rings. The van der Waals surface area contributed by atoms with Crippen molar-refractivity contribution in [3.05, 3.63) is 71.3 Å². The van der Waals surface area contributed by atoms with Gasteiger partial charge >= 0.3 is 0 Å². The van der Waals surface area contributed by atoms with Gasteiger partial charge in [-0.3, -0.25) is 4.79 Å². The second-order valence-corrected chi connectivity index (χ2v) is 4.79. The van der Waals surface area contributed by atoms with Crippen molar-refractivity contribution in [2.24, 2.45) is 5.10 Å². The maximum absolute atomic E-state index is 11.9. The molecule has 0 fully saturated rings. The number of benzene rings is 2. The van der Waals surface area contributed by atoms with Gasteiger partial charge < -0.3 is 0 Å². The molecule has 0 aliphatic heterocycles. The van der Waals surface area contributed by atoms with Gasteiger partial charge in [0.05, 0.1) is 0 Å². The van der Waals surface area contributed by atoms with Crippen LogP contribution in [0.25, 0.3) is 0 Å². The Morgan fingerprint density at radius 3 is 2.60 bits per heavy atom. The van der Waals surface area contributed by atoms with E-state index >= 15 is 0 Å². The first kappa shape index (κ1) is 14.0. The Bertz CT molecular complexity index is 605. The van der Waals surface area contributed by atoms with Gasteiger partial charge in [0, 0.05) is 17.7 Å². The fraction of sp³-hybridized carbons (Fsp3) is 0.176. The summed E-state index contributed by atoms with van der Waals surface area (Å²) >= 11 is 0. The van der Waals surface area contributed by atoms with Crippen molar-refractivity contribution in [2.75, 3.05) is 0 Å². The maximum atomic E-state index is 11.9. The van der Waals surface area contributed by atoms with Crippen molar-refractivity contribution in [3.8, 4) is 0 Å². The van der Waals surface area contributed by atoms with Crippen molar-refractivity contribution >= 4 is 12.1 Å². The molecular formula is C17H18N2O. The molecule has 1 N–H and O–H groups in total. The quantitative estimate of drug-likeness (QED) is 0.667. The van der Waals surface area contributed by atoms with E-state index in [9.17, 15) is 4.79 Å². The van der Waals surface area contributed by atoms with Crippen LogP contribution in [0.2, 0.25) is 0 Å². The smallest absolute Gasteiger partial charge is 0.267 e. The summed E-state index contributed by atoms with van der Waals surface area (Å²) in [6.45, 7) is 4.00. The average molecular weight is 266 g/mol. The number of nitrogens with one attached hydrogen (secondary N) is 1. The number of aryl methyl sites for hydroxylation is 1. The molecule has 0 aliphatic carbocycles. The Morgan fingerprint density at radius 1 is 1.15 bits per heavy atom. The van der Waals surface area contributed by atoms with Crippen LogP contribution < -0.4 is 5.43 Å². The summed E-state index contributed by atoms with van der Waals surface area (Å²) in [5.41, 5.74) is 5.40. The van der Waals surface area contributed by atoms with Gasteiger partial charge in [-0.25, -0.2) is 5.43 Å². The van der Waals surface area contributed by atoms with Crippen LogP contribution in [0.5, 0.6) is 0 Å². The van der Waals surface area contributed by atoms with Crippen LogP contribution in [0, 0.1) is 6.92 Å². The highest BCUT2D eigenvalue weighted by molar-refractivity contribution is 5.94. The van der Waals surface area contributed by atoms with Crippen LogP contribution in [-0.4, -0.2) is 12.1 Å². The predicted octanol–water partition coefficient (Wildman–Crippen LogP) is 3.51. The number of amides is 1. The van der Waals surface area contributed by atoms with E-state index in [1.807, 2.05) is 62.4 Å². The molecule has 0 bridgehead atoms. The molecule has 0 aromatic heterocycles. The third-order valence-corrected chi connectivity index (χ3v) is 3.07. The fourth-order valence-corrected chi connectivity index (χ4v) is 1.90. The van der Waals surface area contributed by atoms with E-state index in [1.165, 1.54) is 5.56 Å². The van der Waals surface area contributed by atoms with Gasteiger partial charge in [-0.1, -0.05) is 55.0 Å². The molecule has 102 valence electrons. The minimum absolute atomic E-state index is 0.161. The largest absolute Gasteiger partial charge is 0.271 e. The summed E-state index contributed by atoms with van der Waals surface area (Å²) in [5, 5.41) is 4.03. The first-order valence-corrected chi connectivity index (χ1v) is 6.62. The first-order chi connectivity index (χ1) is 9.66. The number of hydrazone groups is 1. The van der Waals surface area contributed by atoms with Crippen LogP contribution >= 0.6 is 0 Å². The normalized spacial score (nSPS) is 12.3. The monoisotopic (exact) mass is 266 g/mol. The predicted molar refractivity (Wildman–Crippen MR) is 82.0 cm³/mol. The molecule has 2 aromatic carbocycles. The van der Waals surface area contributed by atoms with Crippen LogP contribution in [0.4, 0.5) is 0 Å². The zero-order chi connectivity index (χ0) is 14.4. The highest BCUT2D eigenvalue weighted by Crippen LogP contribution is 2.11. The molecular weight excluding hydrogens is 248 g/mol. The second-order valence-electron chi connectivity index (χ2n) is 4.79. The van der Waals surface area contributed by atoms with Crippen molar-refractivity contribution in [2.45, 2.75) is 19.8 Å². The van der Waals surface area contributed by atoms with Gasteiger partial charge in [0.1, 0.15) is 0 Å². The number of hydrogen-bond acceptors (Lipinski definition) is 2. The molecule has 1 atom stereocenters. The Morgan fingerprint density at radius 2 is 1.90 bits per heavy atom. The summed E-state index contributed by atoms with van der Waals surface area (Å²) in [4.78, 5) is 11.9. The average Bonchev–Trinajstić information content (AvgIpc) is 2.48. The standard InChI is InChI=1S/C17H18N2O/c1-13-7-6-10-16(11-13)17(20)19-18-12-14(2)15-8-4-3-5-9-15/h3-12,14H,1-2H3,(H,19,20). The second kappa shape index (κ2) is 6.66. The number of carbonyl (C=O) groups excluding carboxylic acids is 1. The van der Waals surface area contributed by atoms with E-state index in [2.05, 4.69) is 10.5 Å². The molecule has 0 aliphatic rings. The van der Waals surface area contributed by atoms with E-state index in [-0.39, 0.29) is 11.8 Å². The van der Waals surface area contributed by atoms with E-state index in [0.29, 0.717) is 5.56 Å². The molecule has 0 saturated carbocycles. The lowest BCUT2D eigenvalue weighted by Crippen LogP contribution is -2.18. The van der Waals surface area contributed by atoms with Crippen LogP contribution in [0.3, 0.4) is 0 Å². The molecule has 1 unspecified atom stereocenters. The van der Waals surface area contributed by atoms with Gasteiger partial charge in [-0.05, 0) is 24.6 Å². The first-order valence-electron chi connectivity index (χ1n) is 6.62. The van der Waals surface area contributed by atoms with Crippen LogP contribution in [-0.2, 0) is 0 Å². The molecule has 2 rings (SSSR count). The van der Waals surface area contributed by atoms with E-state index in [0.717, 1.165) is 5.56 Å². The Hall–Kier alpha value is -2.42. The third-order valence-electron chi connectivity index (χ3n) is 3.07. The molecule has 1 amide bonds. The van der Waals surface area contributed by atoms with Crippen molar-refractivity contribution in [1.29, 1.82) is 0 Å². The molecule has 0 saturated heterocycles. The molecule has 3 nitrogen and oxygen atoms in total. The van der Waals surface area contributed by atoms with E-state index in [1.54, 1.807) is 12.3 Å². The lowest BCUT2D eigenvalue weighted by Gasteiger charge is -2.05.